The van der Waals surface area contributed by atoms with Gasteiger partial charge < -0.3 is 20.2 Å². The van der Waals surface area contributed by atoms with Gasteiger partial charge in [0, 0.05) is 49.0 Å². The molecule has 1 unspecified atom stereocenters. The van der Waals surface area contributed by atoms with Gasteiger partial charge in [-0.1, -0.05) is 6.07 Å². The molecule has 11 nitrogen and oxygen atoms in total. The number of likely N-dealkylation sites (tertiary alicyclic amines) is 1. The van der Waals surface area contributed by atoms with E-state index in [1.807, 2.05) is 52.3 Å². The molecule has 262 valence electrons. The summed E-state index contributed by atoms with van der Waals surface area (Å²) in [6, 6.07) is 9.96. The molecule has 3 aromatic rings. The van der Waals surface area contributed by atoms with E-state index in [1.54, 1.807) is 17.5 Å². The maximum Gasteiger partial charge on any atom is 0.490 e. The van der Waals surface area contributed by atoms with Gasteiger partial charge in [0.15, 0.2) is 0 Å². The summed E-state index contributed by atoms with van der Waals surface area (Å²) < 4.78 is 95.2. The maximum atomic E-state index is 13.1. The van der Waals surface area contributed by atoms with Crippen molar-refractivity contribution < 1.29 is 74.0 Å². The van der Waals surface area contributed by atoms with E-state index in [2.05, 4.69) is 16.0 Å². The number of hydrogen-bond acceptors (Lipinski definition) is 8. The van der Waals surface area contributed by atoms with Gasteiger partial charge in [0.1, 0.15) is 0 Å². The minimum Gasteiger partial charge on any atom is -0.475 e. The smallest absolute Gasteiger partial charge is 0.475 e. The van der Waals surface area contributed by atoms with Crippen molar-refractivity contribution in [1.29, 1.82) is 0 Å². The zero-order valence-electron chi connectivity index (χ0n) is 23.9. The molecule has 0 aliphatic carbocycles. The van der Waals surface area contributed by atoms with Crippen LogP contribution < -0.4 is 4.90 Å². The van der Waals surface area contributed by atoms with Crippen LogP contribution in [0.5, 0.6) is 0 Å². The van der Waals surface area contributed by atoms with Crippen LogP contribution in [-0.4, -0.2) is 92.2 Å². The first kappa shape index (κ1) is 39.4. The molecule has 1 fully saturated rings. The summed E-state index contributed by atoms with van der Waals surface area (Å²) in [5.74, 6) is -8.19. The monoisotopic (exact) mass is 718 g/mol. The van der Waals surface area contributed by atoms with Crippen LogP contribution in [0.2, 0.25) is 0 Å². The number of rotatable bonds is 3. The molecule has 2 aliphatic rings. The Morgan fingerprint density at radius 2 is 1.35 bits per heavy atom. The summed E-state index contributed by atoms with van der Waals surface area (Å²) >= 11 is 1.56. The lowest BCUT2D eigenvalue weighted by molar-refractivity contribution is -0.193. The zero-order chi connectivity index (χ0) is 36.5. The fourth-order valence-electron chi connectivity index (χ4n) is 4.37. The minimum absolute atomic E-state index is 0.0769. The number of pyridine rings is 2. The second-order valence-corrected chi connectivity index (χ2v) is 10.6. The third kappa shape index (κ3) is 11.2. The number of nitrogens with zero attached hydrogens (tertiary/aromatic N) is 4. The lowest BCUT2D eigenvalue weighted by Gasteiger charge is -2.25. The van der Waals surface area contributed by atoms with E-state index in [1.165, 1.54) is 5.56 Å². The van der Waals surface area contributed by atoms with Gasteiger partial charge >= 0.3 is 36.4 Å². The maximum absolute atomic E-state index is 13.1. The summed E-state index contributed by atoms with van der Waals surface area (Å²) in [4.78, 5) is 53.1. The van der Waals surface area contributed by atoms with Crippen LogP contribution in [0.15, 0.2) is 59.7 Å². The summed E-state index contributed by atoms with van der Waals surface area (Å²) in [6.45, 7) is 3.51. The average Bonchev–Trinajstić information content (AvgIpc) is 3.73. The van der Waals surface area contributed by atoms with Gasteiger partial charge in [0.25, 0.3) is 5.91 Å². The first-order chi connectivity index (χ1) is 22.1. The van der Waals surface area contributed by atoms with Crippen LogP contribution in [-0.2, 0) is 26.3 Å². The number of carboxylic acid groups (broad SMARTS) is 3. The van der Waals surface area contributed by atoms with E-state index in [-0.39, 0.29) is 11.3 Å². The van der Waals surface area contributed by atoms with E-state index < -0.39 is 36.4 Å². The van der Waals surface area contributed by atoms with Crippen molar-refractivity contribution in [3.05, 3.63) is 76.5 Å². The number of thiophene rings is 1. The largest absolute Gasteiger partial charge is 0.490 e. The van der Waals surface area contributed by atoms with Gasteiger partial charge in [-0.25, -0.2) is 14.4 Å². The van der Waals surface area contributed by atoms with Crippen LogP contribution in [0.4, 0.5) is 45.2 Å². The van der Waals surface area contributed by atoms with Crippen molar-refractivity contribution in [2.75, 3.05) is 24.5 Å². The van der Waals surface area contributed by atoms with Crippen LogP contribution in [0.1, 0.15) is 28.0 Å². The Labute approximate surface area is 267 Å². The highest BCUT2D eigenvalue weighted by molar-refractivity contribution is 7.08. The summed E-state index contributed by atoms with van der Waals surface area (Å²) in [6.07, 6.45) is -8.65. The number of halogens is 9. The Hall–Kier alpha value is -4.79. The van der Waals surface area contributed by atoms with Gasteiger partial charge in [-0.05, 0) is 48.2 Å². The van der Waals surface area contributed by atoms with Crippen LogP contribution >= 0.6 is 11.3 Å². The van der Waals surface area contributed by atoms with Crippen LogP contribution in [0.3, 0.4) is 0 Å². The molecule has 3 N–H and O–H groups in total. The van der Waals surface area contributed by atoms with E-state index in [9.17, 15) is 44.3 Å². The first-order valence-electron chi connectivity index (χ1n) is 12.9. The molecule has 1 amide bonds. The molecule has 0 saturated carbocycles. The Balaban J connectivity index is 0.000000313. The molecule has 1 saturated heterocycles. The van der Waals surface area contributed by atoms with E-state index >= 15 is 0 Å². The fraction of sp³-hybridized carbons (Fsp3) is 0.333. The van der Waals surface area contributed by atoms with Crippen molar-refractivity contribution >= 4 is 40.8 Å². The SMILES string of the molecule is O=C(O)C(F)(F)F.O=C(O)C(F)(F)F.O=C(O)C(F)(F)F.O=C(c1ccsc1)N1CC2(CCN(Cc3cccnc3)C2)c2ncccc21. The van der Waals surface area contributed by atoms with Gasteiger partial charge in [0.05, 0.1) is 16.9 Å². The average molecular weight is 719 g/mol. The first-order valence-corrected chi connectivity index (χ1v) is 13.8. The second-order valence-electron chi connectivity index (χ2n) is 9.79. The number of alkyl halides is 9. The van der Waals surface area contributed by atoms with Crippen LogP contribution in [0, 0.1) is 0 Å². The Bertz CT molecular complexity index is 1500. The molecule has 2 aliphatic heterocycles. The molecule has 0 radical (unpaired) electrons. The van der Waals surface area contributed by atoms with E-state index in [0.29, 0.717) is 6.54 Å². The molecule has 48 heavy (non-hydrogen) atoms. The molecule has 1 atom stereocenters. The Kier molecular flexibility index (Phi) is 13.0. The van der Waals surface area contributed by atoms with Gasteiger partial charge in [0.2, 0.25) is 0 Å². The number of carbonyl (C=O) groups is 4. The highest BCUT2D eigenvalue weighted by atomic mass is 32.1. The molecule has 0 bridgehead atoms. The number of amides is 1. The standard InChI is InChI=1S/C21H20N4OS.3C2HF3O2/c26-20(17-5-10-27-13-17)25-15-21(19-18(25)4-2-8-23-19)6-9-24(14-21)12-16-3-1-7-22-11-16;3*3-2(4,5)1(6)7/h1-5,7-8,10-11,13H,6,9,12,14-15H2;3*(H,6,7). The van der Waals surface area contributed by atoms with Crippen molar-refractivity contribution in [3.63, 3.8) is 0 Å². The molecule has 5 heterocycles. The molecular formula is C27H23F9N4O7S. The summed E-state index contributed by atoms with van der Waals surface area (Å²) in [7, 11) is 0. The third-order valence-corrected chi connectivity index (χ3v) is 7.03. The predicted octanol–water partition coefficient (Wildman–Crippen LogP) is 5.24. The minimum atomic E-state index is -5.08. The van der Waals surface area contributed by atoms with E-state index in [0.717, 1.165) is 43.0 Å². The molecule has 0 aromatic carbocycles. The molecule has 21 heteroatoms. The third-order valence-electron chi connectivity index (χ3n) is 6.34. The highest BCUT2D eigenvalue weighted by Crippen LogP contribution is 2.45. The number of aromatic nitrogens is 2. The Morgan fingerprint density at radius 1 is 0.812 bits per heavy atom. The second kappa shape index (κ2) is 15.9. The van der Waals surface area contributed by atoms with Crippen molar-refractivity contribution in [2.24, 2.45) is 0 Å². The van der Waals surface area contributed by atoms with Gasteiger partial charge in [-0.2, -0.15) is 50.9 Å². The van der Waals surface area contributed by atoms with E-state index in [4.69, 9.17) is 34.7 Å². The topological polar surface area (TPSA) is 161 Å². The number of carboxylic acids is 3. The lowest BCUT2D eigenvalue weighted by Crippen LogP contribution is -2.39. The normalized spacial score (nSPS) is 17.1. The molecular weight excluding hydrogens is 695 g/mol. The molecule has 1 spiro atoms. The zero-order valence-corrected chi connectivity index (χ0v) is 24.7. The number of hydrogen-bond donors (Lipinski definition) is 3. The van der Waals surface area contributed by atoms with Crippen molar-refractivity contribution in [3.8, 4) is 0 Å². The fourth-order valence-corrected chi connectivity index (χ4v) is 5.00. The van der Waals surface area contributed by atoms with Gasteiger partial charge in [-0.15, -0.1) is 0 Å². The molecule has 5 rings (SSSR count). The number of aliphatic carboxylic acids is 3. The number of fused-ring (bicyclic) bond motifs is 2. The number of anilines is 1. The Morgan fingerprint density at radius 3 is 1.81 bits per heavy atom. The number of carbonyl (C=O) groups excluding carboxylic acids is 1. The van der Waals surface area contributed by atoms with Gasteiger partial charge in [-0.3, -0.25) is 19.7 Å². The van der Waals surface area contributed by atoms with Crippen molar-refractivity contribution in [1.82, 2.24) is 14.9 Å². The summed E-state index contributed by atoms with van der Waals surface area (Å²) in [5, 5.41) is 25.3. The molecule has 3 aromatic heterocycles. The van der Waals surface area contributed by atoms with Crippen LogP contribution in [0.25, 0.3) is 0 Å². The summed E-state index contributed by atoms with van der Waals surface area (Å²) in [5.41, 5.74) is 3.95. The van der Waals surface area contributed by atoms with Crippen molar-refractivity contribution in [2.45, 2.75) is 36.9 Å². The lowest BCUT2D eigenvalue weighted by atomic mass is 9.85. The predicted molar refractivity (Wildman–Crippen MR) is 147 cm³/mol. The highest BCUT2D eigenvalue weighted by Gasteiger charge is 2.50. The quantitative estimate of drug-likeness (QED) is 0.306.